The first-order chi connectivity index (χ1) is 14.7. The van der Waals surface area contributed by atoms with Crippen LogP contribution in [0.1, 0.15) is 23.2 Å². The molecule has 0 bridgehead atoms. The molecule has 2 aliphatic rings. The van der Waals surface area contributed by atoms with E-state index in [2.05, 4.69) is 20.4 Å². The molecule has 2 N–H and O–H groups in total. The number of halogens is 1. The summed E-state index contributed by atoms with van der Waals surface area (Å²) in [4.78, 5) is 14.9. The number of aromatic nitrogens is 2. The average molecular weight is 425 g/mol. The quantitative estimate of drug-likeness (QED) is 0.664. The van der Waals surface area contributed by atoms with E-state index in [1.165, 1.54) is 0 Å². The van der Waals surface area contributed by atoms with Gasteiger partial charge in [0.05, 0.1) is 5.69 Å². The van der Waals surface area contributed by atoms with Crippen LogP contribution in [0.5, 0.6) is 11.5 Å². The largest absolute Gasteiger partial charge is 0.454 e. The van der Waals surface area contributed by atoms with E-state index in [0.29, 0.717) is 28.6 Å². The molecule has 8 heteroatoms. The van der Waals surface area contributed by atoms with Gasteiger partial charge in [0.1, 0.15) is 0 Å². The summed E-state index contributed by atoms with van der Waals surface area (Å²) in [6, 6.07) is 15.0. The van der Waals surface area contributed by atoms with Gasteiger partial charge < -0.3 is 19.7 Å². The first kappa shape index (κ1) is 18.8. The highest BCUT2D eigenvalue weighted by Gasteiger charge is 2.24. The third-order valence-corrected chi connectivity index (χ3v) is 5.69. The van der Waals surface area contributed by atoms with Crippen LogP contribution in [0.15, 0.2) is 48.5 Å². The van der Waals surface area contributed by atoms with Crippen molar-refractivity contribution in [3.8, 4) is 22.8 Å². The fourth-order valence-electron chi connectivity index (χ4n) is 3.86. The van der Waals surface area contributed by atoms with Crippen molar-refractivity contribution in [1.82, 2.24) is 15.5 Å². The maximum atomic E-state index is 12.7. The fraction of sp³-hybridized carbons (Fsp3) is 0.273. The number of carbonyl (C=O) groups excluding carboxylic acids is 1. The lowest BCUT2D eigenvalue weighted by Crippen LogP contribution is -2.48. The van der Waals surface area contributed by atoms with Crippen molar-refractivity contribution < 1.29 is 14.3 Å². The molecule has 0 aliphatic carbocycles. The topological polar surface area (TPSA) is 79.5 Å². The lowest BCUT2D eigenvalue weighted by Gasteiger charge is -2.33. The van der Waals surface area contributed by atoms with Crippen LogP contribution in [0.3, 0.4) is 0 Å². The van der Waals surface area contributed by atoms with Crippen molar-refractivity contribution in [2.24, 2.45) is 0 Å². The van der Waals surface area contributed by atoms with E-state index < -0.39 is 0 Å². The van der Waals surface area contributed by atoms with Gasteiger partial charge in [0.25, 0.3) is 5.91 Å². The summed E-state index contributed by atoms with van der Waals surface area (Å²) in [5.74, 6) is 2.05. The van der Waals surface area contributed by atoms with Crippen molar-refractivity contribution in [2.75, 3.05) is 24.8 Å². The predicted molar refractivity (Wildman–Crippen MR) is 114 cm³/mol. The number of carbonyl (C=O) groups is 1. The zero-order chi connectivity index (χ0) is 20.5. The summed E-state index contributed by atoms with van der Waals surface area (Å²) in [5.41, 5.74) is 2.54. The maximum Gasteiger partial charge on any atom is 0.251 e. The third kappa shape index (κ3) is 3.80. The number of rotatable bonds is 4. The Morgan fingerprint density at radius 3 is 2.83 bits per heavy atom. The number of piperidine rings is 1. The number of aromatic amines is 1. The smallest absolute Gasteiger partial charge is 0.251 e. The van der Waals surface area contributed by atoms with E-state index in [1.807, 2.05) is 30.3 Å². The molecule has 2 aliphatic heterocycles. The number of nitrogens with zero attached hydrogens (tertiary/aromatic N) is 2. The SMILES string of the molecule is O=C(N[C@H]1CCCN(c2cc(-c3ccc(Cl)cc3)[nH]n2)C1)c1ccc2c(c1)OCO2. The van der Waals surface area contributed by atoms with E-state index in [4.69, 9.17) is 21.1 Å². The van der Waals surface area contributed by atoms with E-state index in [0.717, 1.165) is 36.5 Å². The Kier molecular flexibility index (Phi) is 4.96. The highest BCUT2D eigenvalue weighted by Crippen LogP contribution is 2.32. The lowest BCUT2D eigenvalue weighted by atomic mass is 10.0. The predicted octanol–water partition coefficient (Wildman–Crippen LogP) is 3.86. The number of H-pyrrole nitrogens is 1. The van der Waals surface area contributed by atoms with Crippen molar-refractivity contribution in [1.29, 1.82) is 0 Å². The minimum absolute atomic E-state index is 0.0485. The third-order valence-electron chi connectivity index (χ3n) is 5.43. The van der Waals surface area contributed by atoms with Crippen molar-refractivity contribution in [2.45, 2.75) is 18.9 Å². The second kappa shape index (κ2) is 7.91. The maximum absolute atomic E-state index is 12.7. The number of benzene rings is 2. The Bertz CT molecular complexity index is 1070. The molecule has 0 radical (unpaired) electrons. The van der Waals surface area contributed by atoms with Crippen LogP contribution in [0.25, 0.3) is 11.3 Å². The molecule has 1 amide bonds. The number of nitrogens with one attached hydrogen (secondary N) is 2. The molecule has 5 rings (SSSR count). The summed E-state index contributed by atoms with van der Waals surface area (Å²) in [6.45, 7) is 1.81. The molecule has 7 nitrogen and oxygen atoms in total. The zero-order valence-electron chi connectivity index (χ0n) is 16.2. The minimum atomic E-state index is -0.107. The molecule has 1 saturated heterocycles. The summed E-state index contributed by atoms with van der Waals surface area (Å²) < 4.78 is 10.7. The van der Waals surface area contributed by atoms with Gasteiger partial charge >= 0.3 is 0 Å². The second-order valence-electron chi connectivity index (χ2n) is 7.47. The van der Waals surface area contributed by atoms with Gasteiger partial charge in [0.15, 0.2) is 17.3 Å². The molecule has 2 aromatic carbocycles. The average Bonchev–Trinajstić information content (AvgIpc) is 3.44. The zero-order valence-corrected chi connectivity index (χ0v) is 17.0. The van der Waals surface area contributed by atoms with Gasteiger partial charge in [-0.1, -0.05) is 23.7 Å². The Morgan fingerprint density at radius 2 is 1.97 bits per heavy atom. The summed E-state index contributed by atoms with van der Waals surface area (Å²) >= 11 is 5.97. The monoisotopic (exact) mass is 424 g/mol. The van der Waals surface area contributed by atoms with Gasteiger partial charge in [-0.25, -0.2) is 0 Å². The number of ether oxygens (including phenoxy) is 2. The first-order valence-electron chi connectivity index (χ1n) is 9.92. The Morgan fingerprint density at radius 1 is 1.13 bits per heavy atom. The van der Waals surface area contributed by atoms with Gasteiger partial charge in [0.2, 0.25) is 6.79 Å². The van der Waals surface area contributed by atoms with Crippen molar-refractivity contribution in [3.63, 3.8) is 0 Å². The van der Waals surface area contributed by atoms with Crippen LogP contribution < -0.4 is 19.7 Å². The first-order valence-corrected chi connectivity index (χ1v) is 10.3. The highest BCUT2D eigenvalue weighted by atomic mass is 35.5. The molecular weight excluding hydrogens is 404 g/mol. The van der Waals surface area contributed by atoms with E-state index >= 15 is 0 Å². The Labute approximate surface area is 178 Å². The van der Waals surface area contributed by atoms with Crippen LogP contribution in [-0.4, -0.2) is 42.0 Å². The van der Waals surface area contributed by atoms with Gasteiger partial charge in [-0.15, -0.1) is 0 Å². The van der Waals surface area contributed by atoms with E-state index in [-0.39, 0.29) is 18.7 Å². The molecule has 0 unspecified atom stereocenters. The number of amides is 1. The molecule has 30 heavy (non-hydrogen) atoms. The van der Waals surface area contributed by atoms with E-state index in [1.54, 1.807) is 18.2 Å². The minimum Gasteiger partial charge on any atom is -0.454 e. The van der Waals surface area contributed by atoms with E-state index in [9.17, 15) is 4.79 Å². The standard InChI is InChI=1S/C22H21ClN4O3/c23-16-6-3-14(4-7-16)18-11-21(26-25-18)27-9-1-2-17(12-27)24-22(28)15-5-8-19-20(10-15)30-13-29-19/h3-8,10-11,17H,1-2,9,12-13H2,(H,24,28)(H,25,26)/t17-/m0/s1. The Hall–Kier alpha value is -3.19. The molecule has 0 spiro atoms. The molecule has 0 saturated carbocycles. The summed E-state index contributed by atoms with van der Waals surface area (Å²) in [6.07, 6.45) is 1.91. The van der Waals surface area contributed by atoms with Crippen LogP contribution in [0.2, 0.25) is 5.02 Å². The normalized spacial score (nSPS) is 17.8. The van der Waals surface area contributed by atoms with Crippen LogP contribution in [0, 0.1) is 0 Å². The summed E-state index contributed by atoms with van der Waals surface area (Å²) in [7, 11) is 0. The fourth-order valence-corrected chi connectivity index (χ4v) is 3.99. The van der Waals surface area contributed by atoms with Crippen LogP contribution in [-0.2, 0) is 0 Å². The van der Waals surface area contributed by atoms with Gasteiger partial charge in [0, 0.05) is 35.8 Å². The molecular formula is C22H21ClN4O3. The molecule has 1 fully saturated rings. The van der Waals surface area contributed by atoms with Crippen molar-refractivity contribution in [3.05, 3.63) is 59.1 Å². The summed E-state index contributed by atoms with van der Waals surface area (Å²) in [5, 5.41) is 11.4. The molecule has 1 aromatic heterocycles. The number of hydrogen-bond acceptors (Lipinski definition) is 5. The number of hydrogen-bond donors (Lipinski definition) is 2. The molecule has 3 heterocycles. The lowest BCUT2D eigenvalue weighted by molar-refractivity contribution is 0.0932. The van der Waals surface area contributed by atoms with Crippen LogP contribution >= 0.6 is 11.6 Å². The van der Waals surface area contributed by atoms with Crippen LogP contribution in [0.4, 0.5) is 5.82 Å². The van der Waals surface area contributed by atoms with Gasteiger partial charge in [-0.2, -0.15) is 5.10 Å². The Balaban J connectivity index is 1.25. The molecule has 1 atom stereocenters. The molecule has 3 aromatic rings. The number of anilines is 1. The highest BCUT2D eigenvalue weighted by molar-refractivity contribution is 6.30. The van der Waals surface area contributed by atoms with Gasteiger partial charge in [-0.3, -0.25) is 9.89 Å². The van der Waals surface area contributed by atoms with Gasteiger partial charge in [-0.05, 0) is 48.7 Å². The van der Waals surface area contributed by atoms with Crippen molar-refractivity contribution >= 4 is 23.3 Å². The molecule has 154 valence electrons. The second-order valence-corrected chi connectivity index (χ2v) is 7.91. The number of fused-ring (bicyclic) bond motifs is 1.